The Morgan fingerprint density at radius 3 is 2.43 bits per heavy atom. The van der Waals surface area contributed by atoms with E-state index in [2.05, 4.69) is 13.8 Å². The van der Waals surface area contributed by atoms with E-state index in [-0.39, 0.29) is 40.9 Å². The van der Waals surface area contributed by atoms with Gasteiger partial charge < -0.3 is 14.2 Å². The number of nitrogens with zero attached hydrogens (tertiary/aromatic N) is 2. The first-order valence-electron chi connectivity index (χ1n) is 15.8. The number of methoxy groups -OCH3 is 1. The van der Waals surface area contributed by atoms with E-state index < -0.39 is 12.0 Å². The molecule has 4 aromatic carbocycles. The van der Waals surface area contributed by atoms with Gasteiger partial charge >= 0.3 is 5.97 Å². The third-order valence-electron chi connectivity index (χ3n) is 8.17. The molecular formula is C39H34ClFN2O5S. The lowest BCUT2D eigenvalue weighted by atomic mass is 9.91. The van der Waals surface area contributed by atoms with Crippen LogP contribution in [0.3, 0.4) is 0 Å². The highest BCUT2D eigenvalue weighted by Crippen LogP contribution is 2.38. The molecule has 0 amide bonds. The second-order valence-electron chi connectivity index (χ2n) is 11.7. The van der Waals surface area contributed by atoms with Crippen LogP contribution in [0.25, 0.3) is 11.8 Å². The van der Waals surface area contributed by atoms with Crippen LogP contribution < -0.4 is 24.4 Å². The molecule has 5 aromatic rings. The first-order chi connectivity index (χ1) is 23.7. The second-order valence-corrected chi connectivity index (χ2v) is 13.1. The van der Waals surface area contributed by atoms with Crippen LogP contribution in [-0.4, -0.2) is 24.3 Å². The summed E-state index contributed by atoms with van der Waals surface area (Å²) in [4.78, 5) is 33.4. The van der Waals surface area contributed by atoms with Gasteiger partial charge in [0.25, 0.3) is 5.56 Å². The Bertz CT molecular complexity index is 2230. The Kier molecular flexibility index (Phi) is 10.1. The van der Waals surface area contributed by atoms with Crippen molar-refractivity contribution >= 4 is 40.7 Å². The molecule has 1 aliphatic heterocycles. The Balaban J connectivity index is 1.50. The molecular weight excluding hydrogens is 663 g/mol. The molecule has 0 saturated heterocycles. The van der Waals surface area contributed by atoms with Crippen molar-refractivity contribution < 1.29 is 23.4 Å². The minimum atomic E-state index is -0.791. The smallest absolute Gasteiger partial charge is 0.338 e. The number of hydrogen-bond donors (Lipinski definition) is 0. The average molecular weight is 697 g/mol. The van der Waals surface area contributed by atoms with Crippen LogP contribution in [0.15, 0.2) is 106 Å². The lowest BCUT2D eigenvalue weighted by molar-refractivity contribution is -0.138. The molecule has 0 N–H and O–H groups in total. The molecule has 0 unspecified atom stereocenters. The maximum absolute atomic E-state index is 14.3. The van der Waals surface area contributed by atoms with Gasteiger partial charge in [0.1, 0.15) is 12.4 Å². The maximum atomic E-state index is 14.3. The topological polar surface area (TPSA) is 79.1 Å². The van der Waals surface area contributed by atoms with Gasteiger partial charge in [0.15, 0.2) is 16.3 Å². The van der Waals surface area contributed by atoms with Crippen molar-refractivity contribution in [1.29, 1.82) is 0 Å². The SMILES string of the molecule is CCOC(=O)C1=C(c2ccccc2)N=c2s/c(=C\c3cc(Cl)c(OCc4ccccc4F)c(OC)c3)c(=O)n2[C@H]1c1ccc(C(C)C)cc1. The van der Waals surface area contributed by atoms with Gasteiger partial charge in [-0.05, 0) is 53.8 Å². The van der Waals surface area contributed by atoms with E-state index in [0.29, 0.717) is 37.8 Å². The van der Waals surface area contributed by atoms with Crippen molar-refractivity contribution in [2.45, 2.75) is 39.3 Å². The van der Waals surface area contributed by atoms with Crippen LogP contribution in [0.1, 0.15) is 60.5 Å². The van der Waals surface area contributed by atoms with E-state index in [4.69, 9.17) is 30.8 Å². The first kappa shape index (κ1) is 33.9. The van der Waals surface area contributed by atoms with Gasteiger partial charge in [-0.2, -0.15) is 0 Å². The lowest BCUT2D eigenvalue weighted by Crippen LogP contribution is -2.40. The molecule has 0 fully saturated rings. The standard InChI is InChI=1S/C39H34ClFN2O5S/c1-5-47-38(45)33-34(26-11-7-6-8-12-26)42-39-43(35(33)27-17-15-25(16-18-27)23(2)3)37(44)32(49-39)21-24-19-29(40)36(31(20-24)46-4)48-22-28-13-9-10-14-30(28)41/h6-21,23,35H,5,22H2,1-4H3/b32-21-/t35-/m0/s1. The highest BCUT2D eigenvalue weighted by atomic mass is 35.5. The van der Waals surface area contributed by atoms with E-state index in [0.717, 1.165) is 16.7 Å². The third kappa shape index (κ3) is 6.95. The van der Waals surface area contributed by atoms with Crippen molar-refractivity contribution in [1.82, 2.24) is 4.57 Å². The third-order valence-corrected chi connectivity index (χ3v) is 9.44. The minimum Gasteiger partial charge on any atom is -0.493 e. The second kappa shape index (κ2) is 14.6. The number of carbonyl (C=O) groups is 1. The quantitative estimate of drug-likeness (QED) is 0.142. The minimum absolute atomic E-state index is 0.0502. The number of aromatic nitrogens is 1. The fourth-order valence-corrected chi connectivity index (χ4v) is 6.97. The largest absolute Gasteiger partial charge is 0.493 e. The van der Waals surface area contributed by atoms with Gasteiger partial charge in [-0.1, -0.05) is 110 Å². The molecule has 49 heavy (non-hydrogen) atoms. The molecule has 0 saturated carbocycles. The molecule has 7 nitrogen and oxygen atoms in total. The van der Waals surface area contributed by atoms with Crippen LogP contribution in [0.5, 0.6) is 11.5 Å². The summed E-state index contributed by atoms with van der Waals surface area (Å²) in [5.41, 5.74) is 3.97. The number of fused-ring (bicyclic) bond motifs is 1. The van der Waals surface area contributed by atoms with E-state index >= 15 is 0 Å². The maximum Gasteiger partial charge on any atom is 0.338 e. The fraction of sp³-hybridized carbons (Fsp3) is 0.205. The van der Waals surface area contributed by atoms with Crippen LogP contribution in [0, 0.1) is 5.82 Å². The van der Waals surface area contributed by atoms with Crippen molar-refractivity contribution in [3.05, 3.63) is 155 Å². The molecule has 0 bridgehead atoms. The van der Waals surface area contributed by atoms with Crippen molar-refractivity contribution in [2.24, 2.45) is 4.99 Å². The number of esters is 1. The number of thiazole rings is 1. The van der Waals surface area contributed by atoms with Crippen LogP contribution >= 0.6 is 22.9 Å². The van der Waals surface area contributed by atoms with Crippen LogP contribution in [-0.2, 0) is 16.1 Å². The molecule has 0 spiro atoms. The van der Waals surface area contributed by atoms with Crippen molar-refractivity contribution in [3.63, 3.8) is 0 Å². The number of halogens is 2. The summed E-state index contributed by atoms with van der Waals surface area (Å²) in [6.07, 6.45) is 1.70. The summed E-state index contributed by atoms with van der Waals surface area (Å²) in [6, 6.07) is 26.2. The van der Waals surface area contributed by atoms with E-state index in [1.54, 1.807) is 47.9 Å². The number of rotatable bonds is 10. The van der Waals surface area contributed by atoms with Crippen LogP contribution in [0.4, 0.5) is 4.39 Å². The monoisotopic (exact) mass is 696 g/mol. The zero-order valence-corrected chi connectivity index (χ0v) is 29.0. The highest BCUT2D eigenvalue weighted by Gasteiger charge is 2.35. The lowest BCUT2D eigenvalue weighted by Gasteiger charge is -2.26. The zero-order valence-electron chi connectivity index (χ0n) is 27.4. The molecule has 10 heteroatoms. The van der Waals surface area contributed by atoms with Crippen molar-refractivity contribution in [2.75, 3.05) is 13.7 Å². The Hall–Kier alpha value is -4.99. The Labute approximate surface area is 292 Å². The van der Waals surface area contributed by atoms with E-state index in [9.17, 15) is 14.0 Å². The highest BCUT2D eigenvalue weighted by molar-refractivity contribution is 7.07. The molecule has 0 radical (unpaired) electrons. The van der Waals surface area contributed by atoms with Gasteiger partial charge in [-0.15, -0.1) is 0 Å². The Morgan fingerprint density at radius 1 is 1.04 bits per heavy atom. The van der Waals surface area contributed by atoms with Gasteiger partial charge in [0.05, 0.1) is 40.6 Å². The van der Waals surface area contributed by atoms with Gasteiger partial charge in [-0.3, -0.25) is 9.36 Å². The van der Waals surface area contributed by atoms with E-state index in [1.807, 2.05) is 54.6 Å². The summed E-state index contributed by atoms with van der Waals surface area (Å²) < 4.78 is 33.2. The summed E-state index contributed by atoms with van der Waals surface area (Å²) in [5, 5.41) is 0.230. The number of hydrogen-bond acceptors (Lipinski definition) is 7. The first-order valence-corrected chi connectivity index (χ1v) is 17.0. The molecule has 1 atom stereocenters. The molecule has 250 valence electrons. The molecule has 0 aliphatic carbocycles. The predicted octanol–water partition coefficient (Wildman–Crippen LogP) is 7.44. The fourth-order valence-electron chi connectivity index (χ4n) is 5.70. The molecule has 1 aromatic heterocycles. The molecule has 1 aliphatic rings. The summed E-state index contributed by atoms with van der Waals surface area (Å²) in [5.74, 6) is -0.0550. The molecule has 2 heterocycles. The summed E-state index contributed by atoms with van der Waals surface area (Å²) >= 11 is 7.87. The van der Waals surface area contributed by atoms with Gasteiger partial charge in [-0.25, -0.2) is 14.2 Å². The summed E-state index contributed by atoms with van der Waals surface area (Å²) in [6.45, 7) is 6.08. The zero-order chi connectivity index (χ0) is 34.7. The van der Waals surface area contributed by atoms with Crippen LogP contribution in [0.2, 0.25) is 5.02 Å². The van der Waals surface area contributed by atoms with Crippen molar-refractivity contribution in [3.8, 4) is 11.5 Å². The Morgan fingerprint density at radius 2 is 1.76 bits per heavy atom. The number of benzene rings is 4. The normalized spacial score (nSPS) is 14.4. The number of carbonyl (C=O) groups excluding carboxylic acids is 1. The predicted molar refractivity (Wildman–Crippen MR) is 190 cm³/mol. The number of ether oxygens (including phenoxy) is 3. The van der Waals surface area contributed by atoms with Gasteiger partial charge in [0, 0.05) is 11.1 Å². The molecule has 6 rings (SSSR count). The summed E-state index contributed by atoms with van der Waals surface area (Å²) in [7, 11) is 1.48. The van der Waals surface area contributed by atoms with Gasteiger partial charge in [0.2, 0.25) is 0 Å². The van der Waals surface area contributed by atoms with E-state index in [1.165, 1.54) is 24.5 Å². The average Bonchev–Trinajstić information content (AvgIpc) is 3.41.